The number of aliphatic carboxylic acids is 1. The van der Waals surface area contributed by atoms with E-state index in [0.717, 1.165) is 24.9 Å². The number of carboxylic acid groups (broad SMARTS) is 1. The number of rotatable bonds is 8. The third-order valence-electron chi connectivity index (χ3n) is 8.56. The predicted molar refractivity (Wildman–Crippen MR) is 163 cm³/mol. The third-order valence-corrected chi connectivity index (χ3v) is 11.4. The van der Waals surface area contributed by atoms with E-state index in [9.17, 15) is 23.1 Å². The minimum atomic E-state index is -3.99. The van der Waals surface area contributed by atoms with Crippen LogP contribution in [0.25, 0.3) is 0 Å². The fraction of sp³-hybridized carbons (Fsp3) is 0.467. The largest absolute Gasteiger partial charge is 0.480 e. The van der Waals surface area contributed by atoms with Crippen molar-refractivity contribution < 1.29 is 23.1 Å². The van der Waals surface area contributed by atoms with Gasteiger partial charge < -0.3 is 20.6 Å². The molecule has 9 nitrogen and oxygen atoms in total. The third kappa shape index (κ3) is 6.12. The Morgan fingerprint density at radius 2 is 1.85 bits per heavy atom. The van der Waals surface area contributed by atoms with Gasteiger partial charge >= 0.3 is 5.97 Å². The van der Waals surface area contributed by atoms with Gasteiger partial charge in [-0.15, -0.1) is 11.8 Å². The highest BCUT2D eigenvalue weighted by molar-refractivity contribution is 8.02. The lowest BCUT2D eigenvalue weighted by molar-refractivity contribution is -0.140. The number of fused-ring (bicyclic) bond motifs is 1. The Morgan fingerprint density at radius 1 is 1.12 bits per heavy atom. The van der Waals surface area contributed by atoms with E-state index in [1.807, 2.05) is 40.6 Å². The van der Waals surface area contributed by atoms with Crippen LogP contribution in [0.2, 0.25) is 0 Å². The summed E-state index contributed by atoms with van der Waals surface area (Å²) in [5.41, 5.74) is 1.86. The second-order valence-electron chi connectivity index (χ2n) is 11.1. The molecule has 1 fully saturated rings. The summed E-state index contributed by atoms with van der Waals surface area (Å²) in [6.45, 7) is 0.477. The van der Waals surface area contributed by atoms with Crippen molar-refractivity contribution in [3.05, 3.63) is 59.5 Å². The zero-order valence-electron chi connectivity index (χ0n) is 23.5. The number of sulfonamides is 1. The summed E-state index contributed by atoms with van der Waals surface area (Å²) in [7, 11) is -0.684. The van der Waals surface area contributed by atoms with E-state index in [-0.39, 0.29) is 22.4 Å². The fourth-order valence-corrected chi connectivity index (χ4v) is 8.70. The smallest absolute Gasteiger partial charge is 0.326 e. The summed E-state index contributed by atoms with van der Waals surface area (Å²) in [5, 5.41) is 17.4. The number of nitrogens with one attached hydrogen (secondary N) is 2. The SMILES string of the molecule is CNc1cc2c(cc1C(=O)N[C@H](C(=O)O)C1C=CSC1)S(=O)(=O)N(C)C(CC1CCCCC1)CN2c1ccccc1. The van der Waals surface area contributed by atoms with Crippen molar-refractivity contribution in [2.75, 3.05) is 36.6 Å². The predicted octanol–water partition coefficient (Wildman–Crippen LogP) is 4.90. The fourth-order valence-electron chi connectivity index (χ4n) is 6.20. The standard InChI is InChI=1S/C30H38N4O5S2/c1-31-25-17-26-27(16-24(25)29(35)32-28(30(36)37)21-13-14-40-19-21)41(38,39)33(2)23(15-20-9-5-3-6-10-20)18-34(26)22-11-7-4-8-12-22/h4,7-8,11-14,16-17,20-21,23,28,31H,3,5-6,9-10,15,18-19H2,1-2H3,(H,32,35)(H,36,37)/t21?,23?,28-/m0/s1. The van der Waals surface area contributed by atoms with Crippen LogP contribution in [0.15, 0.2) is 58.8 Å². The van der Waals surface area contributed by atoms with E-state index in [2.05, 4.69) is 10.6 Å². The number of para-hydroxylation sites is 1. The first kappa shape index (κ1) is 29.5. The average molecular weight is 599 g/mol. The van der Waals surface area contributed by atoms with Crippen molar-refractivity contribution >= 4 is 50.7 Å². The first-order valence-corrected chi connectivity index (χ1v) is 16.7. The maximum Gasteiger partial charge on any atom is 0.326 e. The molecule has 1 amide bonds. The van der Waals surface area contributed by atoms with Crippen molar-refractivity contribution in [1.29, 1.82) is 0 Å². The zero-order valence-corrected chi connectivity index (χ0v) is 25.1. The molecule has 1 saturated carbocycles. The van der Waals surface area contributed by atoms with Crippen LogP contribution in [-0.4, -0.2) is 68.2 Å². The van der Waals surface area contributed by atoms with E-state index < -0.39 is 27.9 Å². The Hall–Kier alpha value is -3.02. The summed E-state index contributed by atoms with van der Waals surface area (Å²) in [4.78, 5) is 27.7. The molecule has 220 valence electrons. The highest BCUT2D eigenvalue weighted by atomic mass is 32.2. The highest BCUT2D eigenvalue weighted by Crippen LogP contribution is 2.42. The monoisotopic (exact) mass is 598 g/mol. The molecule has 1 aliphatic carbocycles. The van der Waals surface area contributed by atoms with Gasteiger partial charge in [0.1, 0.15) is 10.9 Å². The molecule has 3 atom stereocenters. The van der Waals surface area contributed by atoms with E-state index in [4.69, 9.17) is 0 Å². The number of amides is 1. The lowest BCUT2D eigenvalue weighted by atomic mass is 9.84. The van der Waals surface area contributed by atoms with Crippen LogP contribution in [0.5, 0.6) is 0 Å². The molecule has 41 heavy (non-hydrogen) atoms. The van der Waals surface area contributed by atoms with Crippen LogP contribution in [0.4, 0.5) is 17.1 Å². The van der Waals surface area contributed by atoms with Crippen LogP contribution < -0.4 is 15.5 Å². The van der Waals surface area contributed by atoms with Gasteiger partial charge in [0, 0.05) is 49.7 Å². The van der Waals surface area contributed by atoms with Crippen molar-refractivity contribution in [2.24, 2.45) is 11.8 Å². The number of thioether (sulfide) groups is 1. The Kier molecular flexibility index (Phi) is 8.96. The molecule has 11 heteroatoms. The maximum atomic E-state index is 14.2. The van der Waals surface area contributed by atoms with Gasteiger partial charge in [0.25, 0.3) is 5.91 Å². The minimum Gasteiger partial charge on any atom is -0.480 e. The average Bonchev–Trinajstić information content (AvgIpc) is 3.50. The normalized spacial score (nSPS) is 23.4. The number of nitrogens with zero attached hydrogens (tertiary/aromatic N) is 2. The molecule has 3 N–H and O–H groups in total. The van der Waals surface area contributed by atoms with Crippen LogP contribution in [0.3, 0.4) is 0 Å². The molecule has 2 unspecified atom stereocenters. The summed E-state index contributed by atoms with van der Waals surface area (Å²) in [6.07, 6.45) is 8.34. The number of anilines is 3. The molecular weight excluding hydrogens is 560 g/mol. The van der Waals surface area contributed by atoms with E-state index in [0.29, 0.717) is 29.6 Å². The molecule has 5 rings (SSSR count). The first-order chi connectivity index (χ1) is 19.7. The number of carbonyl (C=O) groups excluding carboxylic acids is 1. The molecule has 3 aliphatic rings. The first-order valence-electron chi connectivity index (χ1n) is 14.2. The van der Waals surface area contributed by atoms with Gasteiger partial charge in [0.05, 0.1) is 11.3 Å². The maximum absolute atomic E-state index is 14.2. The summed E-state index contributed by atoms with van der Waals surface area (Å²) < 4.78 is 29.9. The van der Waals surface area contributed by atoms with Crippen LogP contribution in [-0.2, 0) is 14.8 Å². The molecule has 0 saturated heterocycles. The molecule has 0 radical (unpaired) electrons. The van der Waals surface area contributed by atoms with Crippen molar-refractivity contribution in [3.63, 3.8) is 0 Å². The molecule has 2 aromatic rings. The second-order valence-corrected chi connectivity index (χ2v) is 14.0. The number of carbonyl (C=O) groups is 2. The van der Waals surface area contributed by atoms with Gasteiger partial charge in [-0.3, -0.25) is 4.79 Å². The molecule has 2 aliphatic heterocycles. The summed E-state index contributed by atoms with van der Waals surface area (Å²) in [6, 6.07) is 11.4. The second kappa shape index (κ2) is 12.5. The molecule has 0 aromatic heterocycles. The molecule has 0 spiro atoms. The molecule has 0 bridgehead atoms. The number of carboxylic acids is 1. The van der Waals surface area contributed by atoms with Crippen LogP contribution in [0.1, 0.15) is 48.9 Å². The van der Waals surface area contributed by atoms with Gasteiger partial charge in [-0.2, -0.15) is 4.31 Å². The summed E-state index contributed by atoms with van der Waals surface area (Å²) in [5.74, 6) is -1.11. The Morgan fingerprint density at radius 3 is 2.49 bits per heavy atom. The molecule has 2 heterocycles. The van der Waals surface area contributed by atoms with Crippen molar-refractivity contribution in [2.45, 2.75) is 55.5 Å². The van der Waals surface area contributed by atoms with E-state index in [1.54, 1.807) is 26.2 Å². The zero-order chi connectivity index (χ0) is 29.1. The number of hydrogen-bond acceptors (Lipinski definition) is 7. The van der Waals surface area contributed by atoms with Gasteiger partial charge in [-0.05, 0) is 42.0 Å². The minimum absolute atomic E-state index is 0.0299. The van der Waals surface area contributed by atoms with Gasteiger partial charge in [0.2, 0.25) is 10.0 Å². The van der Waals surface area contributed by atoms with Crippen LogP contribution in [0, 0.1) is 11.8 Å². The number of hydrogen-bond donors (Lipinski definition) is 3. The van der Waals surface area contributed by atoms with Crippen molar-refractivity contribution in [3.8, 4) is 0 Å². The van der Waals surface area contributed by atoms with Gasteiger partial charge in [-0.1, -0.05) is 56.4 Å². The van der Waals surface area contributed by atoms with Crippen LogP contribution >= 0.6 is 11.8 Å². The Bertz CT molecular complexity index is 1410. The molecular formula is C30H38N4O5S2. The molecule has 2 aromatic carbocycles. The highest BCUT2D eigenvalue weighted by Gasteiger charge is 2.39. The number of likely N-dealkylation sites (N-methyl/N-ethyl adjacent to an activating group) is 1. The number of benzene rings is 2. The van der Waals surface area contributed by atoms with E-state index >= 15 is 0 Å². The Labute approximate surface area is 246 Å². The Balaban J connectivity index is 1.58. The summed E-state index contributed by atoms with van der Waals surface area (Å²) >= 11 is 1.49. The van der Waals surface area contributed by atoms with Gasteiger partial charge in [-0.25, -0.2) is 13.2 Å². The van der Waals surface area contributed by atoms with Crippen molar-refractivity contribution in [1.82, 2.24) is 9.62 Å². The van der Waals surface area contributed by atoms with Gasteiger partial charge in [0.15, 0.2) is 0 Å². The quantitative estimate of drug-likeness (QED) is 0.393. The lowest BCUT2D eigenvalue weighted by Crippen LogP contribution is -2.46. The lowest BCUT2D eigenvalue weighted by Gasteiger charge is -2.33. The topological polar surface area (TPSA) is 119 Å². The van der Waals surface area contributed by atoms with E-state index in [1.165, 1.54) is 41.4 Å².